The number of nitrogens with one attached hydrogen (secondary N) is 1. The molecule has 0 radical (unpaired) electrons. The summed E-state index contributed by atoms with van der Waals surface area (Å²) in [5, 5.41) is 3.29. The van der Waals surface area contributed by atoms with Gasteiger partial charge in [0.2, 0.25) is 15.9 Å². The van der Waals surface area contributed by atoms with Crippen LogP contribution in [0.25, 0.3) is 0 Å². The zero-order valence-electron chi connectivity index (χ0n) is 17.2. The van der Waals surface area contributed by atoms with Crippen LogP contribution in [0.1, 0.15) is 5.56 Å². The number of carbonyl (C=O) groups excluding carboxylic acids is 1. The lowest BCUT2D eigenvalue weighted by molar-refractivity contribution is -0.116. The third-order valence-corrected chi connectivity index (χ3v) is 7.25. The van der Waals surface area contributed by atoms with Gasteiger partial charge in [-0.3, -0.25) is 4.79 Å². The Hall–Kier alpha value is -2.36. The summed E-state index contributed by atoms with van der Waals surface area (Å²) in [4.78, 5) is 12.7. The van der Waals surface area contributed by atoms with Crippen molar-refractivity contribution in [3.8, 4) is 5.75 Å². The van der Waals surface area contributed by atoms with Crippen LogP contribution >= 0.6 is 34.8 Å². The summed E-state index contributed by atoms with van der Waals surface area (Å²) in [5.41, 5.74) is 0.188. The van der Waals surface area contributed by atoms with Gasteiger partial charge in [-0.15, -0.1) is 0 Å². The van der Waals surface area contributed by atoms with Gasteiger partial charge in [-0.25, -0.2) is 12.8 Å². The average molecular weight is 532 g/mol. The molecule has 33 heavy (non-hydrogen) atoms. The number of benzene rings is 3. The van der Waals surface area contributed by atoms with Gasteiger partial charge in [0.1, 0.15) is 11.6 Å². The molecule has 0 unspecified atom stereocenters. The Kier molecular flexibility index (Phi) is 8.20. The molecule has 0 atom stereocenters. The molecule has 11 heteroatoms. The normalized spacial score (nSPS) is 11.5. The third kappa shape index (κ3) is 6.16. The van der Waals surface area contributed by atoms with E-state index in [1.165, 1.54) is 49.6 Å². The summed E-state index contributed by atoms with van der Waals surface area (Å²) in [5.74, 6) is -1.06. The van der Waals surface area contributed by atoms with Crippen molar-refractivity contribution in [3.05, 3.63) is 87.1 Å². The molecule has 0 aliphatic carbocycles. The van der Waals surface area contributed by atoms with Gasteiger partial charge in [-0.1, -0.05) is 40.9 Å². The number of rotatable bonds is 8. The highest BCUT2D eigenvalue weighted by Gasteiger charge is 2.29. The Labute approximate surface area is 205 Å². The number of methoxy groups -OCH3 is 1. The number of hydrogen-bond donors (Lipinski definition) is 1. The smallest absolute Gasteiger partial charge is 0.243 e. The standard InChI is InChI=1S/C22H18Cl3FN2O4S/c1-32-21-10-7-15(24)11-20(21)27-22(29)13-28(12-17-18(25)3-2-4-19(17)26)33(30,31)16-8-5-14(23)6-9-16/h2-11H,12-13H2,1H3,(H,27,29). The van der Waals surface area contributed by atoms with E-state index in [-0.39, 0.29) is 21.2 Å². The van der Waals surface area contributed by atoms with Crippen LogP contribution in [-0.4, -0.2) is 32.3 Å². The Bertz CT molecular complexity index is 1250. The lowest BCUT2D eigenvalue weighted by Crippen LogP contribution is -2.38. The number of amides is 1. The third-order valence-electron chi connectivity index (χ3n) is 4.60. The molecule has 0 saturated carbocycles. The van der Waals surface area contributed by atoms with E-state index < -0.39 is 34.8 Å². The van der Waals surface area contributed by atoms with E-state index in [1.807, 2.05) is 0 Å². The van der Waals surface area contributed by atoms with E-state index in [4.69, 9.17) is 39.5 Å². The van der Waals surface area contributed by atoms with Crippen molar-refractivity contribution in [1.29, 1.82) is 0 Å². The second kappa shape index (κ2) is 10.7. The van der Waals surface area contributed by atoms with E-state index in [2.05, 4.69) is 5.32 Å². The molecular formula is C22H18Cl3FN2O4S. The van der Waals surface area contributed by atoms with Gasteiger partial charge in [0.15, 0.2) is 0 Å². The number of ether oxygens (including phenoxy) is 1. The molecule has 3 rings (SSSR count). The van der Waals surface area contributed by atoms with Crippen LogP contribution in [0.5, 0.6) is 5.75 Å². The minimum Gasteiger partial charge on any atom is -0.495 e. The maximum atomic E-state index is 14.4. The largest absolute Gasteiger partial charge is 0.495 e. The molecular weight excluding hydrogens is 514 g/mol. The van der Waals surface area contributed by atoms with Crippen molar-refractivity contribution in [2.45, 2.75) is 11.4 Å². The Balaban J connectivity index is 1.95. The fourth-order valence-electron chi connectivity index (χ4n) is 2.97. The lowest BCUT2D eigenvalue weighted by Gasteiger charge is -2.23. The summed E-state index contributed by atoms with van der Waals surface area (Å²) in [6, 6.07) is 14.0. The summed E-state index contributed by atoms with van der Waals surface area (Å²) in [6.07, 6.45) is 0. The topological polar surface area (TPSA) is 75.7 Å². The highest BCUT2D eigenvalue weighted by atomic mass is 35.5. The van der Waals surface area contributed by atoms with Crippen LogP contribution in [0, 0.1) is 5.82 Å². The van der Waals surface area contributed by atoms with Crippen LogP contribution in [0.3, 0.4) is 0 Å². The molecule has 3 aromatic carbocycles. The zero-order chi connectivity index (χ0) is 24.2. The number of sulfonamides is 1. The first-order valence-corrected chi connectivity index (χ1v) is 12.0. The van der Waals surface area contributed by atoms with Gasteiger partial charge < -0.3 is 10.1 Å². The molecule has 0 aliphatic rings. The van der Waals surface area contributed by atoms with Crippen LogP contribution in [0.4, 0.5) is 10.1 Å². The van der Waals surface area contributed by atoms with E-state index >= 15 is 0 Å². The van der Waals surface area contributed by atoms with Crippen molar-refractivity contribution >= 4 is 56.4 Å². The van der Waals surface area contributed by atoms with Gasteiger partial charge in [-0.05, 0) is 54.6 Å². The summed E-state index contributed by atoms with van der Waals surface area (Å²) in [6.45, 7) is -1.11. The summed E-state index contributed by atoms with van der Waals surface area (Å²) >= 11 is 18.0. The molecule has 174 valence electrons. The Morgan fingerprint density at radius 2 is 1.70 bits per heavy atom. The molecule has 6 nitrogen and oxygen atoms in total. The van der Waals surface area contributed by atoms with Gasteiger partial charge in [0, 0.05) is 27.2 Å². The molecule has 0 bridgehead atoms. The van der Waals surface area contributed by atoms with E-state index in [9.17, 15) is 17.6 Å². The number of halogens is 4. The maximum absolute atomic E-state index is 14.4. The number of nitrogens with zero attached hydrogens (tertiary/aromatic N) is 1. The van der Waals surface area contributed by atoms with E-state index in [0.29, 0.717) is 15.8 Å². The number of carbonyl (C=O) groups is 1. The quantitative estimate of drug-likeness (QED) is 0.409. The monoisotopic (exact) mass is 530 g/mol. The van der Waals surface area contributed by atoms with Gasteiger partial charge in [0.25, 0.3) is 0 Å². The van der Waals surface area contributed by atoms with Crippen LogP contribution in [0.15, 0.2) is 65.6 Å². The first kappa shape index (κ1) is 25.3. The van der Waals surface area contributed by atoms with Crippen molar-refractivity contribution in [2.75, 3.05) is 19.0 Å². The van der Waals surface area contributed by atoms with Crippen molar-refractivity contribution < 1.29 is 22.3 Å². The van der Waals surface area contributed by atoms with Gasteiger partial charge in [-0.2, -0.15) is 4.31 Å². The second-order valence-corrected chi connectivity index (χ2v) is 10.0. The van der Waals surface area contributed by atoms with Crippen LogP contribution < -0.4 is 10.1 Å². The maximum Gasteiger partial charge on any atom is 0.243 e. The molecule has 3 aromatic rings. The fraction of sp³-hybridized carbons (Fsp3) is 0.136. The highest BCUT2D eigenvalue weighted by Crippen LogP contribution is 2.29. The predicted octanol–water partition coefficient (Wildman–Crippen LogP) is 5.62. The van der Waals surface area contributed by atoms with Gasteiger partial charge in [0.05, 0.1) is 24.2 Å². The molecule has 0 spiro atoms. The molecule has 0 heterocycles. The van der Waals surface area contributed by atoms with Crippen molar-refractivity contribution in [2.24, 2.45) is 0 Å². The molecule has 0 fully saturated rings. The number of anilines is 1. The van der Waals surface area contributed by atoms with Gasteiger partial charge >= 0.3 is 0 Å². The fourth-order valence-corrected chi connectivity index (χ4v) is 4.85. The predicted molar refractivity (Wildman–Crippen MR) is 127 cm³/mol. The molecule has 0 saturated heterocycles. The molecule has 1 N–H and O–H groups in total. The Morgan fingerprint density at radius 3 is 2.33 bits per heavy atom. The minimum absolute atomic E-state index is 0.0308. The SMILES string of the molecule is COc1ccc(Cl)cc1NC(=O)CN(Cc1c(F)cccc1Cl)S(=O)(=O)c1ccc(Cl)cc1. The zero-order valence-corrected chi connectivity index (χ0v) is 20.3. The molecule has 1 amide bonds. The van der Waals surface area contributed by atoms with E-state index in [1.54, 1.807) is 12.1 Å². The van der Waals surface area contributed by atoms with E-state index in [0.717, 1.165) is 10.4 Å². The second-order valence-electron chi connectivity index (χ2n) is 6.82. The lowest BCUT2D eigenvalue weighted by atomic mass is 10.2. The summed E-state index contributed by atoms with van der Waals surface area (Å²) in [7, 11) is -2.82. The highest BCUT2D eigenvalue weighted by molar-refractivity contribution is 7.89. The Morgan fingerprint density at radius 1 is 1.03 bits per heavy atom. The van der Waals surface area contributed by atoms with Crippen LogP contribution in [0.2, 0.25) is 15.1 Å². The molecule has 0 aliphatic heterocycles. The summed E-state index contributed by atoms with van der Waals surface area (Å²) < 4.78 is 47.1. The number of hydrogen-bond acceptors (Lipinski definition) is 4. The minimum atomic E-state index is -4.23. The van der Waals surface area contributed by atoms with Crippen molar-refractivity contribution in [1.82, 2.24) is 4.31 Å². The first-order valence-electron chi connectivity index (χ1n) is 9.44. The average Bonchev–Trinajstić information content (AvgIpc) is 2.76. The van der Waals surface area contributed by atoms with Crippen LogP contribution in [-0.2, 0) is 21.4 Å². The first-order chi connectivity index (χ1) is 15.6. The molecule has 0 aromatic heterocycles. The van der Waals surface area contributed by atoms with Crippen molar-refractivity contribution in [3.63, 3.8) is 0 Å².